The fourth-order valence-corrected chi connectivity index (χ4v) is 6.34. The highest BCUT2D eigenvalue weighted by atomic mass is 35.5. The topological polar surface area (TPSA) is 38.9 Å². The van der Waals surface area contributed by atoms with Crippen LogP contribution in [0, 0.1) is 15.6 Å². The molecule has 0 N–H and O–H groups in total. The van der Waals surface area contributed by atoms with Gasteiger partial charge in [0.2, 0.25) is 4.77 Å². The fourth-order valence-electron chi connectivity index (χ4n) is 5.92. The Morgan fingerprint density at radius 2 is 1.77 bits per heavy atom. The van der Waals surface area contributed by atoms with E-state index in [2.05, 4.69) is 30.7 Å². The molecule has 2 aromatic heterocycles. The van der Waals surface area contributed by atoms with Crippen LogP contribution in [0.5, 0.6) is 0 Å². The summed E-state index contributed by atoms with van der Waals surface area (Å²) in [5, 5.41) is 5.69. The van der Waals surface area contributed by atoms with E-state index in [4.69, 9.17) is 28.9 Å². The van der Waals surface area contributed by atoms with E-state index in [9.17, 15) is 0 Å². The minimum atomic E-state index is 0.376. The van der Waals surface area contributed by atoms with Crippen LogP contribution in [0.1, 0.15) is 40.0 Å². The first-order chi connectivity index (χ1) is 14.7. The van der Waals surface area contributed by atoms with Crippen molar-refractivity contribution >= 4 is 23.8 Å². The molecule has 1 aliphatic carbocycles. The molecule has 0 radical (unpaired) electrons. The number of benzene rings is 1. The fraction of sp³-hybridized carbons (Fsp3) is 0.458. The molecule has 1 aromatic carbocycles. The molecule has 31 heavy (non-hydrogen) atoms. The van der Waals surface area contributed by atoms with Gasteiger partial charge in [0.25, 0.3) is 0 Å². The number of aromatic nitrogens is 4. The van der Waals surface area contributed by atoms with Crippen molar-refractivity contribution < 1.29 is 0 Å². The van der Waals surface area contributed by atoms with Gasteiger partial charge in [0, 0.05) is 35.6 Å². The predicted octanol–water partition coefficient (Wildman–Crippen LogP) is 5.98. The second-order valence-corrected chi connectivity index (χ2v) is 11.1. The molecule has 162 valence electrons. The van der Waals surface area contributed by atoms with Crippen LogP contribution in [0.25, 0.3) is 17.1 Å². The van der Waals surface area contributed by atoms with Crippen LogP contribution < -0.4 is 0 Å². The molecule has 5 nitrogen and oxygen atoms in total. The second-order valence-electron chi connectivity index (χ2n) is 10.3. The number of nitrogens with zero attached hydrogens (tertiary/aromatic N) is 5. The van der Waals surface area contributed by atoms with E-state index in [1.165, 1.54) is 19.3 Å². The van der Waals surface area contributed by atoms with Gasteiger partial charge in [-0.15, -0.1) is 5.10 Å². The van der Waals surface area contributed by atoms with E-state index >= 15 is 0 Å². The number of pyridine rings is 1. The van der Waals surface area contributed by atoms with Crippen LogP contribution in [-0.2, 0) is 6.67 Å². The van der Waals surface area contributed by atoms with Gasteiger partial charge in [-0.3, -0.25) is 14.5 Å². The zero-order valence-electron chi connectivity index (χ0n) is 18.3. The Balaban J connectivity index is 1.55. The molecule has 2 aliphatic rings. The largest absolute Gasteiger partial charge is 0.281 e. The summed E-state index contributed by atoms with van der Waals surface area (Å²) in [5.74, 6) is 0.823. The summed E-state index contributed by atoms with van der Waals surface area (Å²) in [7, 11) is 0. The Kier molecular flexibility index (Phi) is 5.07. The van der Waals surface area contributed by atoms with Crippen LogP contribution in [-0.4, -0.2) is 36.8 Å². The average molecular weight is 454 g/mol. The molecule has 2 fully saturated rings. The van der Waals surface area contributed by atoms with Crippen molar-refractivity contribution in [2.24, 2.45) is 10.8 Å². The first-order valence-corrected chi connectivity index (χ1v) is 11.6. The molecule has 5 rings (SSSR count). The van der Waals surface area contributed by atoms with Crippen molar-refractivity contribution in [3.05, 3.63) is 58.6 Å². The van der Waals surface area contributed by atoms with E-state index in [-0.39, 0.29) is 0 Å². The van der Waals surface area contributed by atoms with Crippen molar-refractivity contribution in [2.45, 2.75) is 52.7 Å². The standard InChI is InChI=1S/C24H28ClN5S/c1-23(2)12-20-13-24(3,14-23)15-28(20)16-29-22(31)30(19-6-4-18(25)5-7-19)21(27-29)17-8-10-26-11-9-17/h4-11,20H,12-16H2,1-3H3/t20-,24-/m1/s1. The molecular formula is C24H28ClN5S. The minimum absolute atomic E-state index is 0.376. The summed E-state index contributed by atoms with van der Waals surface area (Å²) in [6.07, 6.45) is 7.34. The van der Waals surface area contributed by atoms with Crippen LogP contribution in [0.2, 0.25) is 5.02 Å². The SMILES string of the molecule is CC1(C)C[C@@H]2C[C@@](C)(CN2Cn2nc(-c3ccncc3)n(-c3ccc(Cl)cc3)c2=S)C1. The summed E-state index contributed by atoms with van der Waals surface area (Å²) >= 11 is 12.1. The number of fused-ring (bicyclic) bond motifs is 2. The van der Waals surface area contributed by atoms with Gasteiger partial charge in [-0.1, -0.05) is 32.4 Å². The first kappa shape index (κ1) is 20.9. The van der Waals surface area contributed by atoms with Gasteiger partial charge in [-0.2, -0.15) is 0 Å². The van der Waals surface area contributed by atoms with Crippen LogP contribution in [0.3, 0.4) is 0 Å². The number of rotatable bonds is 4. The Hall–Kier alpha value is -2.02. The Labute approximate surface area is 193 Å². The first-order valence-electron chi connectivity index (χ1n) is 10.8. The van der Waals surface area contributed by atoms with Gasteiger partial charge in [-0.05, 0) is 78.7 Å². The maximum absolute atomic E-state index is 6.13. The van der Waals surface area contributed by atoms with Crippen LogP contribution in [0.4, 0.5) is 0 Å². The zero-order valence-corrected chi connectivity index (χ0v) is 19.8. The number of hydrogen-bond donors (Lipinski definition) is 0. The lowest BCUT2D eigenvalue weighted by Crippen LogP contribution is -2.35. The number of likely N-dealkylation sites (tertiary alicyclic amines) is 1. The molecule has 0 unspecified atom stereocenters. The minimum Gasteiger partial charge on any atom is -0.281 e. The molecule has 1 saturated heterocycles. The number of halogens is 1. The maximum Gasteiger partial charge on any atom is 0.204 e. The predicted molar refractivity (Wildman–Crippen MR) is 127 cm³/mol. The van der Waals surface area contributed by atoms with Crippen LogP contribution in [0.15, 0.2) is 48.8 Å². The molecule has 7 heteroatoms. The molecule has 3 heterocycles. The van der Waals surface area contributed by atoms with Crippen molar-refractivity contribution in [2.75, 3.05) is 6.54 Å². The van der Waals surface area contributed by atoms with E-state index in [1.54, 1.807) is 12.4 Å². The highest BCUT2D eigenvalue weighted by Crippen LogP contribution is 2.52. The highest BCUT2D eigenvalue weighted by Gasteiger charge is 2.49. The Bertz CT molecular complexity index is 1150. The van der Waals surface area contributed by atoms with Crippen molar-refractivity contribution in [3.8, 4) is 17.1 Å². The van der Waals surface area contributed by atoms with E-state index in [1.807, 2.05) is 45.6 Å². The smallest absolute Gasteiger partial charge is 0.204 e. The molecule has 0 spiro atoms. The average Bonchev–Trinajstić information content (AvgIpc) is 3.15. The summed E-state index contributed by atoms with van der Waals surface area (Å²) in [5.41, 5.74) is 2.71. The maximum atomic E-state index is 6.13. The Morgan fingerprint density at radius 3 is 2.48 bits per heavy atom. The summed E-state index contributed by atoms with van der Waals surface area (Å²) in [6, 6.07) is 12.3. The molecule has 3 aromatic rings. The third-order valence-corrected chi connectivity index (χ3v) is 7.35. The van der Waals surface area contributed by atoms with Crippen molar-refractivity contribution in [3.63, 3.8) is 0 Å². The monoisotopic (exact) mass is 453 g/mol. The summed E-state index contributed by atoms with van der Waals surface area (Å²) < 4.78 is 4.71. The van der Waals surface area contributed by atoms with Gasteiger partial charge in [0.15, 0.2) is 5.82 Å². The van der Waals surface area contributed by atoms with Gasteiger partial charge in [-0.25, -0.2) is 4.68 Å². The zero-order chi connectivity index (χ0) is 21.8. The quantitative estimate of drug-likeness (QED) is 0.455. The normalized spacial score (nSPS) is 25.1. The Morgan fingerprint density at radius 1 is 1.06 bits per heavy atom. The molecule has 1 aliphatic heterocycles. The third kappa shape index (κ3) is 3.97. The summed E-state index contributed by atoms with van der Waals surface area (Å²) in [4.78, 5) is 6.74. The highest BCUT2D eigenvalue weighted by molar-refractivity contribution is 7.71. The lowest BCUT2D eigenvalue weighted by Gasteiger charge is -2.39. The third-order valence-electron chi connectivity index (χ3n) is 6.70. The van der Waals surface area contributed by atoms with E-state index in [0.29, 0.717) is 33.3 Å². The molecule has 2 atom stereocenters. The van der Waals surface area contributed by atoms with E-state index in [0.717, 1.165) is 23.6 Å². The molecule has 1 saturated carbocycles. The molecular weight excluding hydrogens is 426 g/mol. The van der Waals surface area contributed by atoms with Gasteiger partial charge >= 0.3 is 0 Å². The molecule has 2 bridgehead atoms. The van der Waals surface area contributed by atoms with Crippen molar-refractivity contribution in [1.82, 2.24) is 24.2 Å². The second kappa shape index (κ2) is 7.54. The summed E-state index contributed by atoms with van der Waals surface area (Å²) in [6.45, 7) is 9.07. The molecule has 0 amide bonds. The van der Waals surface area contributed by atoms with E-state index < -0.39 is 0 Å². The lowest BCUT2D eigenvalue weighted by atomic mass is 9.65. The van der Waals surface area contributed by atoms with Crippen molar-refractivity contribution in [1.29, 1.82) is 0 Å². The number of hydrogen-bond acceptors (Lipinski definition) is 4. The van der Waals surface area contributed by atoms with Gasteiger partial charge in [0.05, 0.1) is 12.4 Å². The van der Waals surface area contributed by atoms with Gasteiger partial charge < -0.3 is 0 Å². The van der Waals surface area contributed by atoms with Crippen LogP contribution >= 0.6 is 23.8 Å². The van der Waals surface area contributed by atoms with Gasteiger partial charge in [0.1, 0.15) is 0 Å². The lowest BCUT2D eigenvalue weighted by molar-refractivity contribution is 0.119.